The van der Waals surface area contributed by atoms with Crippen molar-refractivity contribution in [3.05, 3.63) is 39.8 Å². The standard InChI is InChI=1S/C34H49N7O6/c1-34(2,3)47-33(46)40(24-17-15-23(16-18-24)38-39-35)21-10-8-6-4-5-7-9-14-29(42)36-27-13-11-12-25-26(27)22-41(32(25)45)28-19-20-30(43)37-31(28)44/h11-13,23-24,28H,4-10,14-22H2,1-3H3,(H,36,42)(H,37,43,44). The zero-order valence-electron chi connectivity index (χ0n) is 28.0. The maximum Gasteiger partial charge on any atom is 0.410 e. The third-order valence-corrected chi connectivity index (χ3v) is 9.11. The Morgan fingerprint density at radius 2 is 1.70 bits per heavy atom. The molecule has 256 valence electrons. The van der Waals surface area contributed by atoms with Gasteiger partial charge in [-0.25, -0.2) is 4.79 Å². The number of benzene rings is 1. The van der Waals surface area contributed by atoms with Crippen LogP contribution in [0.1, 0.15) is 127 Å². The smallest absolute Gasteiger partial charge is 0.410 e. The first kappa shape index (κ1) is 35.7. The molecule has 2 heterocycles. The average Bonchev–Trinajstić information content (AvgIpc) is 3.34. The van der Waals surface area contributed by atoms with Gasteiger partial charge < -0.3 is 19.9 Å². The number of fused-ring (bicyclic) bond motifs is 1. The minimum Gasteiger partial charge on any atom is -0.444 e. The van der Waals surface area contributed by atoms with E-state index in [0.29, 0.717) is 36.2 Å². The number of amides is 5. The third-order valence-electron chi connectivity index (χ3n) is 9.11. The Labute approximate surface area is 276 Å². The summed E-state index contributed by atoms with van der Waals surface area (Å²) in [5.41, 5.74) is 9.93. The van der Waals surface area contributed by atoms with Gasteiger partial charge in [0.2, 0.25) is 17.7 Å². The van der Waals surface area contributed by atoms with E-state index >= 15 is 0 Å². The molecule has 1 aliphatic carbocycles. The Hall–Kier alpha value is -4.12. The lowest BCUT2D eigenvalue weighted by molar-refractivity contribution is -0.137. The maximum atomic E-state index is 13.0. The van der Waals surface area contributed by atoms with Crippen LogP contribution < -0.4 is 10.6 Å². The first-order valence-corrected chi connectivity index (χ1v) is 17.1. The first-order valence-electron chi connectivity index (χ1n) is 17.1. The number of ether oxygens (including phenoxy) is 1. The molecule has 1 unspecified atom stereocenters. The largest absolute Gasteiger partial charge is 0.444 e. The van der Waals surface area contributed by atoms with Gasteiger partial charge in [-0.05, 0) is 83.4 Å². The number of anilines is 1. The van der Waals surface area contributed by atoms with E-state index in [-0.39, 0.29) is 48.9 Å². The second-order valence-electron chi connectivity index (χ2n) is 13.8. The van der Waals surface area contributed by atoms with Gasteiger partial charge in [-0.15, -0.1) is 0 Å². The van der Waals surface area contributed by atoms with Gasteiger partial charge in [0.1, 0.15) is 11.6 Å². The van der Waals surface area contributed by atoms with Gasteiger partial charge >= 0.3 is 6.09 Å². The maximum absolute atomic E-state index is 13.0. The fourth-order valence-electron chi connectivity index (χ4n) is 6.67. The fraction of sp³-hybridized carbons (Fsp3) is 0.676. The summed E-state index contributed by atoms with van der Waals surface area (Å²) < 4.78 is 5.70. The van der Waals surface area contributed by atoms with Crippen LogP contribution in [-0.2, 0) is 25.7 Å². The van der Waals surface area contributed by atoms with Crippen LogP contribution in [-0.4, -0.2) is 69.8 Å². The van der Waals surface area contributed by atoms with Gasteiger partial charge in [-0.2, -0.15) is 0 Å². The summed E-state index contributed by atoms with van der Waals surface area (Å²) in [4.78, 5) is 69.0. The molecule has 1 atom stereocenters. The first-order chi connectivity index (χ1) is 22.5. The van der Waals surface area contributed by atoms with Gasteiger partial charge in [0.15, 0.2) is 0 Å². The summed E-state index contributed by atoms with van der Waals surface area (Å²) in [6.45, 7) is 6.48. The summed E-state index contributed by atoms with van der Waals surface area (Å²) in [6, 6.07) is 4.61. The Kier molecular flexibility index (Phi) is 12.6. The van der Waals surface area contributed by atoms with Gasteiger partial charge in [0.05, 0.1) is 0 Å². The number of carbonyl (C=O) groups excluding carboxylic acids is 5. The number of imide groups is 1. The Bertz CT molecular complexity index is 1360. The Morgan fingerprint density at radius 3 is 2.36 bits per heavy atom. The molecule has 1 aromatic rings. The minimum atomic E-state index is -0.698. The third kappa shape index (κ3) is 10.2. The van der Waals surface area contributed by atoms with Gasteiger partial charge in [-0.3, -0.25) is 24.5 Å². The Balaban J connectivity index is 1.13. The summed E-state index contributed by atoms with van der Waals surface area (Å²) in [6.07, 6.45) is 10.5. The lowest BCUT2D eigenvalue weighted by atomic mass is 9.90. The molecule has 2 fully saturated rings. The molecule has 0 aromatic heterocycles. The lowest BCUT2D eigenvalue weighted by Gasteiger charge is -2.37. The highest BCUT2D eigenvalue weighted by atomic mass is 16.6. The quantitative estimate of drug-likeness (QED) is 0.0778. The number of piperidine rings is 1. The van der Waals surface area contributed by atoms with E-state index in [1.807, 2.05) is 25.7 Å². The van der Waals surface area contributed by atoms with Crippen LogP contribution in [0.2, 0.25) is 0 Å². The number of nitrogens with zero attached hydrogens (tertiary/aromatic N) is 5. The summed E-state index contributed by atoms with van der Waals surface area (Å²) in [5, 5.41) is 9.12. The van der Waals surface area contributed by atoms with E-state index in [1.54, 1.807) is 18.2 Å². The molecule has 1 saturated heterocycles. The highest BCUT2D eigenvalue weighted by Gasteiger charge is 2.40. The van der Waals surface area contributed by atoms with Crippen LogP contribution >= 0.6 is 0 Å². The highest BCUT2D eigenvalue weighted by molar-refractivity contribution is 6.06. The molecule has 47 heavy (non-hydrogen) atoms. The van der Waals surface area contributed by atoms with E-state index in [4.69, 9.17) is 10.3 Å². The number of azide groups is 1. The van der Waals surface area contributed by atoms with Crippen LogP contribution in [0, 0.1) is 0 Å². The van der Waals surface area contributed by atoms with Crippen molar-refractivity contribution in [3.63, 3.8) is 0 Å². The van der Waals surface area contributed by atoms with Crippen molar-refractivity contribution in [1.29, 1.82) is 0 Å². The van der Waals surface area contributed by atoms with Crippen molar-refractivity contribution >= 4 is 35.4 Å². The summed E-state index contributed by atoms with van der Waals surface area (Å²) in [5.74, 6) is -1.17. The molecule has 3 aliphatic rings. The van der Waals surface area contributed by atoms with Crippen LogP contribution in [0.3, 0.4) is 0 Å². The molecule has 2 N–H and O–H groups in total. The van der Waals surface area contributed by atoms with Crippen molar-refractivity contribution < 1.29 is 28.7 Å². The topological polar surface area (TPSA) is 174 Å². The molecule has 1 aromatic carbocycles. The number of carbonyl (C=O) groups is 5. The van der Waals surface area contributed by atoms with Crippen LogP contribution in [0.15, 0.2) is 23.3 Å². The number of hydrogen-bond acceptors (Lipinski definition) is 7. The molecule has 13 nitrogen and oxygen atoms in total. The highest BCUT2D eigenvalue weighted by Crippen LogP contribution is 2.32. The molecule has 0 radical (unpaired) electrons. The van der Waals surface area contributed by atoms with E-state index in [2.05, 4.69) is 20.7 Å². The van der Waals surface area contributed by atoms with Crippen molar-refractivity contribution in [3.8, 4) is 0 Å². The van der Waals surface area contributed by atoms with Gasteiger partial charge in [0, 0.05) is 59.7 Å². The molecule has 1 saturated carbocycles. The molecular weight excluding hydrogens is 602 g/mol. The number of unbranched alkanes of at least 4 members (excludes halogenated alkanes) is 6. The Morgan fingerprint density at radius 1 is 1.02 bits per heavy atom. The van der Waals surface area contributed by atoms with Gasteiger partial charge in [-0.1, -0.05) is 43.3 Å². The zero-order valence-corrected chi connectivity index (χ0v) is 28.0. The molecule has 5 amide bonds. The van der Waals surface area contributed by atoms with E-state index in [0.717, 1.165) is 70.6 Å². The normalized spacial score (nSPS) is 21.0. The van der Waals surface area contributed by atoms with Crippen molar-refractivity contribution in [2.45, 2.75) is 141 Å². The lowest BCUT2D eigenvalue weighted by Crippen LogP contribution is -2.52. The molecule has 2 aliphatic heterocycles. The number of nitrogens with one attached hydrogen (secondary N) is 2. The minimum absolute atomic E-state index is 0.00496. The predicted molar refractivity (Wildman–Crippen MR) is 176 cm³/mol. The average molecular weight is 652 g/mol. The molecule has 0 spiro atoms. The summed E-state index contributed by atoms with van der Waals surface area (Å²) >= 11 is 0. The number of rotatable bonds is 14. The van der Waals surface area contributed by atoms with Crippen LogP contribution in [0.5, 0.6) is 0 Å². The molecule has 0 bridgehead atoms. The van der Waals surface area contributed by atoms with E-state index < -0.39 is 17.6 Å². The molecule has 13 heteroatoms. The second kappa shape index (κ2) is 16.6. The fourth-order valence-corrected chi connectivity index (χ4v) is 6.67. The SMILES string of the molecule is CC(C)(C)OC(=O)N(CCCCCCCCCC(=O)Nc1cccc2c1CN(C1CCC(=O)NC1=O)C2=O)C1CCC(N=[N+]=[N-])CC1. The van der Waals surface area contributed by atoms with Gasteiger partial charge in [0.25, 0.3) is 5.91 Å². The summed E-state index contributed by atoms with van der Waals surface area (Å²) in [7, 11) is 0. The number of hydrogen-bond donors (Lipinski definition) is 2. The van der Waals surface area contributed by atoms with Crippen LogP contribution in [0.4, 0.5) is 10.5 Å². The van der Waals surface area contributed by atoms with Crippen molar-refractivity contribution in [2.75, 3.05) is 11.9 Å². The monoisotopic (exact) mass is 651 g/mol. The van der Waals surface area contributed by atoms with E-state index in [1.165, 1.54) is 4.90 Å². The molecule has 4 rings (SSSR count). The second-order valence-corrected chi connectivity index (χ2v) is 13.8. The van der Waals surface area contributed by atoms with Crippen molar-refractivity contribution in [2.24, 2.45) is 5.11 Å². The molecular formula is C34H49N7O6. The predicted octanol–water partition coefficient (Wildman–Crippen LogP) is 6.37. The zero-order chi connectivity index (χ0) is 34.0. The van der Waals surface area contributed by atoms with Crippen LogP contribution in [0.25, 0.3) is 10.4 Å². The van der Waals surface area contributed by atoms with Crippen molar-refractivity contribution in [1.82, 2.24) is 15.1 Å². The van der Waals surface area contributed by atoms with E-state index in [9.17, 15) is 24.0 Å².